The quantitative estimate of drug-likeness (QED) is 0.614. The van der Waals surface area contributed by atoms with Crippen LogP contribution in [-0.4, -0.2) is 36.0 Å². The van der Waals surface area contributed by atoms with Crippen molar-refractivity contribution in [1.29, 1.82) is 0 Å². The summed E-state index contributed by atoms with van der Waals surface area (Å²) in [4.78, 5) is 11.9. The van der Waals surface area contributed by atoms with Crippen LogP contribution >= 0.6 is 0 Å². The predicted molar refractivity (Wildman–Crippen MR) is 64.9 cm³/mol. The number of rotatable bonds is 3. The highest BCUT2D eigenvalue weighted by atomic mass is 16.6. The van der Waals surface area contributed by atoms with Crippen LogP contribution in [0, 0.1) is 11.8 Å². The minimum Gasteiger partial charge on any atom is -0.465 e. The van der Waals surface area contributed by atoms with Crippen LogP contribution < -0.4 is 0 Å². The van der Waals surface area contributed by atoms with Crippen LogP contribution in [0.15, 0.2) is 0 Å². The number of aliphatic hydroxyl groups is 1. The Balaban J connectivity index is 1.40. The molecule has 1 aliphatic heterocycles. The molecule has 5 atom stereocenters. The molecule has 0 bridgehead atoms. The van der Waals surface area contributed by atoms with Crippen LogP contribution in [0.4, 0.5) is 0 Å². The van der Waals surface area contributed by atoms with Crippen molar-refractivity contribution in [1.82, 2.24) is 0 Å². The molecular formula is C14H22O4. The molecule has 1 N–H and O–H groups in total. The third-order valence-electron chi connectivity index (χ3n) is 4.55. The molecule has 4 heteroatoms. The fraction of sp³-hybridized carbons (Fsp3) is 0.929. The maximum Gasteiger partial charge on any atom is 0.309 e. The molecule has 2 saturated carbocycles. The summed E-state index contributed by atoms with van der Waals surface area (Å²) in [6.07, 6.45) is 7.12. The van der Waals surface area contributed by atoms with Gasteiger partial charge in [-0.05, 0) is 44.4 Å². The van der Waals surface area contributed by atoms with E-state index in [-0.39, 0.29) is 18.0 Å². The van der Waals surface area contributed by atoms with Gasteiger partial charge in [0.25, 0.3) is 0 Å². The van der Waals surface area contributed by atoms with Crippen LogP contribution in [0.5, 0.6) is 0 Å². The van der Waals surface area contributed by atoms with E-state index in [0.717, 1.165) is 38.5 Å². The first-order valence-corrected chi connectivity index (χ1v) is 7.22. The van der Waals surface area contributed by atoms with E-state index in [1.165, 1.54) is 0 Å². The number of ether oxygens (including phenoxy) is 2. The highest BCUT2D eigenvalue weighted by molar-refractivity contribution is 5.72. The molecular weight excluding hydrogens is 232 g/mol. The summed E-state index contributed by atoms with van der Waals surface area (Å²) in [7, 11) is 0. The summed E-state index contributed by atoms with van der Waals surface area (Å²) in [5.41, 5.74) is 0. The maximum absolute atomic E-state index is 11.9. The number of epoxide rings is 1. The zero-order valence-electron chi connectivity index (χ0n) is 10.7. The number of fused-ring (bicyclic) bond motifs is 1. The lowest BCUT2D eigenvalue weighted by molar-refractivity contribution is -0.152. The Hall–Kier alpha value is -0.610. The Labute approximate surface area is 108 Å². The molecule has 4 unspecified atom stereocenters. The zero-order chi connectivity index (χ0) is 12.5. The van der Waals surface area contributed by atoms with Crippen molar-refractivity contribution in [2.75, 3.05) is 6.61 Å². The summed E-state index contributed by atoms with van der Waals surface area (Å²) in [5.74, 6) is 0.293. The van der Waals surface area contributed by atoms with E-state index < -0.39 is 0 Å². The van der Waals surface area contributed by atoms with E-state index in [4.69, 9.17) is 9.47 Å². The lowest BCUT2D eigenvalue weighted by Crippen LogP contribution is -2.29. The van der Waals surface area contributed by atoms with Gasteiger partial charge in [-0.25, -0.2) is 0 Å². The summed E-state index contributed by atoms with van der Waals surface area (Å²) in [5, 5.41) is 9.56. The summed E-state index contributed by atoms with van der Waals surface area (Å²) in [6.45, 7) is 0.540. The normalized spacial score (nSPS) is 43.1. The molecule has 4 nitrogen and oxygen atoms in total. The fourth-order valence-electron chi connectivity index (χ4n) is 3.33. The van der Waals surface area contributed by atoms with E-state index in [1.807, 2.05) is 0 Å². The lowest BCUT2D eigenvalue weighted by atomic mass is 9.87. The average Bonchev–Trinajstić information content (AvgIpc) is 3.14. The Morgan fingerprint density at radius 2 is 2.06 bits per heavy atom. The highest BCUT2D eigenvalue weighted by Crippen LogP contribution is 2.39. The molecule has 1 heterocycles. The molecule has 1 saturated heterocycles. The van der Waals surface area contributed by atoms with Crippen LogP contribution in [0.1, 0.15) is 44.9 Å². The zero-order valence-corrected chi connectivity index (χ0v) is 10.7. The van der Waals surface area contributed by atoms with Gasteiger partial charge in [0.2, 0.25) is 0 Å². The second-order valence-electron chi connectivity index (χ2n) is 6.04. The van der Waals surface area contributed by atoms with Crippen molar-refractivity contribution in [3.05, 3.63) is 0 Å². The van der Waals surface area contributed by atoms with Crippen molar-refractivity contribution < 1.29 is 19.4 Å². The maximum atomic E-state index is 11.9. The molecule has 0 aromatic heterocycles. The summed E-state index contributed by atoms with van der Waals surface area (Å²) < 4.78 is 10.9. The average molecular weight is 254 g/mol. The van der Waals surface area contributed by atoms with Gasteiger partial charge in [0.05, 0.1) is 30.8 Å². The van der Waals surface area contributed by atoms with Gasteiger partial charge in [0.1, 0.15) is 0 Å². The Morgan fingerprint density at radius 1 is 1.17 bits per heavy atom. The van der Waals surface area contributed by atoms with Gasteiger partial charge in [0.15, 0.2) is 0 Å². The molecule has 2 aliphatic carbocycles. The second kappa shape index (κ2) is 5.17. The highest BCUT2D eigenvalue weighted by Gasteiger charge is 2.44. The Kier molecular flexibility index (Phi) is 3.57. The summed E-state index contributed by atoms with van der Waals surface area (Å²) >= 11 is 0. The van der Waals surface area contributed by atoms with Crippen LogP contribution in [0.3, 0.4) is 0 Å². The van der Waals surface area contributed by atoms with E-state index in [9.17, 15) is 9.90 Å². The van der Waals surface area contributed by atoms with Gasteiger partial charge in [-0.15, -0.1) is 0 Å². The molecule has 0 aromatic rings. The monoisotopic (exact) mass is 254 g/mol. The topological polar surface area (TPSA) is 59.1 Å². The molecule has 18 heavy (non-hydrogen) atoms. The van der Waals surface area contributed by atoms with E-state index in [1.54, 1.807) is 0 Å². The molecule has 0 amide bonds. The third kappa shape index (κ3) is 2.86. The Bertz CT molecular complexity index is 317. The first kappa shape index (κ1) is 12.4. The second-order valence-corrected chi connectivity index (χ2v) is 6.04. The van der Waals surface area contributed by atoms with Gasteiger partial charge in [-0.2, -0.15) is 0 Å². The largest absolute Gasteiger partial charge is 0.465 e. The predicted octanol–water partition coefficient (Wildman–Crippen LogP) is 1.65. The van der Waals surface area contributed by atoms with Crippen molar-refractivity contribution in [2.45, 2.75) is 63.3 Å². The first-order valence-electron chi connectivity index (χ1n) is 7.22. The SMILES string of the molecule is O=C(OCC1CCC2OC2C1)[C@H]1CCCC(O)C1. The minimum absolute atomic E-state index is 0.0812. The van der Waals surface area contributed by atoms with Crippen molar-refractivity contribution in [2.24, 2.45) is 11.8 Å². The fourth-order valence-corrected chi connectivity index (χ4v) is 3.33. The van der Waals surface area contributed by atoms with Gasteiger partial charge in [-0.3, -0.25) is 4.79 Å². The number of hydrogen-bond acceptors (Lipinski definition) is 4. The van der Waals surface area contributed by atoms with E-state index >= 15 is 0 Å². The van der Waals surface area contributed by atoms with Gasteiger partial charge in [-0.1, -0.05) is 6.42 Å². The van der Waals surface area contributed by atoms with Crippen LogP contribution in [0.2, 0.25) is 0 Å². The summed E-state index contributed by atoms with van der Waals surface area (Å²) in [6, 6.07) is 0. The molecule has 0 radical (unpaired) electrons. The van der Waals surface area contributed by atoms with Crippen molar-refractivity contribution >= 4 is 5.97 Å². The van der Waals surface area contributed by atoms with Crippen molar-refractivity contribution in [3.63, 3.8) is 0 Å². The molecule has 0 spiro atoms. The third-order valence-corrected chi connectivity index (χ3v) is 4.55. The number of carbonyl (C=O) groups is 1. The molecule has 3 fully saturated rings. The number of esters is 1. The number of carbonyl (C=O) groups excluding carboxylic acids is 1. The van der Waals surface area contributed by atoms with Gasteiger partial charge < -0.3 is 14.6 Å². The molecule has 0 aromatic carbocycles. The number of aliphatic hydroxyl groups excluding tert-OH is 1. The molecule has 102 valence electrons. The minimum atomic E-state index is -0.313. The standard InChI is InChI=1S/C14H22O4/c15-11-3-1-2-10(7-11)14(16)17-8-9-4-5-12-13(6-9)18-12/h9-13,15H,1-8H2/t9?,10-,11?,12?,13?/m0/s1. The number of hydrogen-bond donors (Lipinski definition) is 1. The smallest absolute Gasteiger partial charge is 0.309 e. The first-order chi connectivity index (χ1) is 8.72. The van der Waals surface area contributed by atoms with Crippen molar-refractivity contribution in [3.8, 4) is 0 Å². The van der Waals surface area contributed by atoms with E-state index in [2.05, 4.69) is 0 Å². The Morgan fingerprint density at radius 3 is 2.83 bits per heavy atom. The lowest BCUT2D eigenvalue weighted by Gasteiger charge is -2.25. The van der Waals surface area contributed by atoms with E-state index in [0.29, 0.717) is 31.2 Å². The molecule has 3 rings (SSSR count). The van der Waals surface area contributed by atoms with Gasteiger partial charge >= 0.3 is 5.97 Å². The molecule has 3 aliphatic rings. The van der Waals surface area contributed by atoms with Crippen LogP contribution in [0.25, 0.3) is 0 Å². The van der Waals surface area contributed by atoms with Gasteiger partial charge in [0, 0.05) is 0 Å². The van der Waals surface area contributed by atoms with Crippen LogP contribution in [-0.2, 0) is 14.3 Å².